The Morgan fingerprint density at radius 2 is 2.07 bits per heavy atom. The van der Waals surface area contributed by atoms with E-state index in [0.29, 0.717) is 4.88 Å². The lowest BCUT2D eigenvalue weighted by molar-refractivity contribution is -0.136. The molecule has 0 aromatic carbocycles. The number of fused-ring (bicyclic) bond motifs is 1. The van der Waals surface area contributed by atoms with Crippen LogP contribution in [0.25, 0.3) is 20.8 Å². The van der Waals surface area contributed by atoms with Gasteiger partial charge in [0.25, 0.3) is 5.91 Å². The Morgan fingerprint density at radius 1 is 1.24 bits per heavy atom. The molecule has 29 heavy (non-hydrogen) atoms. The lowest BCUT2D eigenvalue weighted by Gasteiger charge is -2.10. The van der Waals surface area contributed by atoms with Crippen molar-refractivity contribution in [1.29, 1.82) is 0 Å². The van der Waals surface area contributed by atoms with Gasteiger partial charge in [0.1, 0.15) is 9.71 Å². The lowest BCUT2D eigenvalue weighted by Crippen LogP contribution is -2.22. The van der Waals surface area contributed by atoms with Crippen molar-refractivity contribution in [2.24, 2.45) is 0 Å². The standard InChI is InChI=1S/C19H13F3N4OS2/c20-19(21,22)11-7-12(13-4-2-6-28-13)26-18-14(11)15(23)16(29-18)17(27)25-9-10-3-1-5-24-8-10/h1-8H,9,23H2,(H,25,27). The van der Waals surface area contributed by atoms with Crippen LogP contribution in [-0.4, -0.2) is 15.9 Å². The minimum Gasteiger partial charge on any atom is -0.397 e. The van der Waals surface area contributed by atoms with E-state index in [0.717, 1.165) is 23.0 Å². The van der Waals surface area contributed by atoms with Gasteiger partial charge in [-0.1, -0.05) is 12.1 Å². The number of anilines is 1. The third-order valence-electron chi connectivity index (χ3n) is 4.16. The molecule has 0 saturated heterocycles. The first-order valence-corrected chi connectivity index (χ1v) is 10.1. The summed E-state index contributed by atoms with van der Waals surface area (Å²) in [6.45, 7) is 0.181. The van der Waals surface area contributed by atoms with E-state index < -0.39 is 17.6 Å². The minimum absolute atomic E-state index is 0.00483. The molecule has 0 unspecified atom stereocenters. The van der Waals surface area contributed by atoms with Crippen LogP contribution in [0, 0.1) is 0 Å². The first-order valence-electron chi connectivity index (χ1n) is 8.36. The van der Waals surface area contributed by atoms with Gasteiger partial charge >= 0.3 is 6.18 Å². The third-order valence-corrected chi connectivity index (χ3v) is 6.15. The normalized spacial score (nSPS) is 11.7. The molecule has 0 bridgehead atoms. The van der Waals surface area contributed by atoms with Gasteiger partial charge in [0.2, 0.25) is 0 Å². The van der Waals surface area contributed by atoms with Crippen LogP contribution in [0.3, 0.4) is 0 Å². The molecule has 0 spiro atoms. The predicted octanol–water partition coefficient (Wildman–Crippen LogP) is 4.95. The van der Waals surface area contributed by atoms with Gasteiger partial charge in [-0.25, -0.2) is 4.98 Å². The number of hydrogen-bond acceptors (Lipinski definition) is 6. The number of nitrogen functional groups attached to an aromatic ring is 1. The topological polar surface area (TPSA) is 80.9 Å². The largest absolute Gasteiger partial charge is 0.417 e. The molecule has 0 radical (unpaired) electrons. The zero-order chi connectivity index (χ0) is 20.6. The van der Waals surface area contributed by atoms with Crippen molar-refractivity contribution < 1.29 is 18.0 Å². The summed E-state index contributed by atoms with van der Waals surface area (Å²) in [7, 11) is 0. The number of halogens is 3. The molecule has 4 aromatic rings. The highest BCUT2D eigenvalue weighted by Gasteiger charge is 2.36. The van der Waals surface area contributed by atoms with Gasteiger partial charge in [-0.05, 0) is 29.1 Å². The minimum atomic E-state index is -4.63. The zero-order valence-electron chi connectivity index (χ0n) is 14.7. The van der Waals surface area contributed by atoms with Crippen molar-refractivity contribution in [2.45, 2.75) is 12.7 Å². The van der Waals surface area contributed by atoms with Gasteiger partial charge in [0.15, 0.2) is 0 Å². The molecule has 0 saturated carbocycles. The van der Waals surface area contributed by atoms with E-state index in [4.69, 9.17) is 5.73 Å². The van der Waals surface area contributed by atoms with Gasteiger partial charge in [-0.2, -0.15) is 13.2 Å². The highest BCUT2D eigenvalue weighted by Crippen LogP contribution is 2.43. The van der Waals surface area contributed by atoms with Crippen LogP contribution in [-0.2, 0) is 12.7 Å². The Kier molecular flexibility index (Phi) is 4.97. The number of hydrogen-bond donors (Lipinski definition) is 2. The summed E-state index contributed by atoms with van der Waals surface area (Å²) in [5.41, 5.74) is 5.82. The Morgan fingerprint density at radius 3 is 2.72 bits per heavy atom. The highest BCUT2D eigenvalue weighted by molar-refractivity contribution is 7.21. The highest BCUT2D eigenvalue weighted by atomic mass is 32.1. The van der Waals surface area contributed by atoms with Crippen molar-refractivity contribution in [3.8, 4) is 10.6 Å². The summed E-state index contributed by atoms with van der Waals surface area (Å²) in [5.74, 6) is -0.555. The Hall–Kier alpha value is -2.98. The fourth-order valence-electron chi connectivity index (χ4n) is 2.83. The molecule has 4 aromatic heterocycles. The molecule has 0 fully saturated rings. The van der Waals surface area contributed by atoms with Crippen LogP contribution < -0.4 is 11.1 Å². The quantitative estimate of drug-likeness (QED) is 0.476. The van der Waals surface area contributed by atoms with E-state index in [-0.39, 0.29) is 33.0 Å². The third kappa shape index (κ3) is 3.81. The van der Waals surface area contributed by atoms with E-state index >= 15 is 0 Å². The average molecular weight is 434 g/mol. The van der Waals surface area contributed by atoms with Crippen LogP contribution >= 0.6 is 22.7 Å². The summed E-state index contributed by atoms with van der Waals surface area (Å²) >= 11 is 2.13. The molecule has 5 nitrogen and oxygen atoms in total. The van der Waals surface area contributed by atoms with Gasteiger partial charge in [0, 0.05) is 24.3 Å². The molecule has 4 rings (SSSR count). The average Bonchev–Trinajstić information content (AvgIpc) is 3.34. The number of carbonyl (C=O) groups excluding carboxylic acids is 1. The number of amides is 1. The molecule has 0 aliphatic rings. The molecule has 0 atom stereocenters. The number of nitrogens with two attached hydrogens (primary N) is 1. The van der Waals surface area contributed by atoms with Crippen molar-refractivity contribution >= 4 is 44.5 Å². The number of carbonyl (C=O) groups is 1. The maximum Gasteiger partial charge on any atom is 0.417 e. The molecule has 0 aliphatic heterocycles. The van der Waals surface area contributed by atoms with Gasteiger partial charge in [0.05, 0.1) is 21.8 Å². The number of rotatable bonds is 4. The molecule has 0 aliphatic carbocycles. The van der Waals surface area contributed by atoms with Crippen LogP contribution in [0.4, 0.5) is 18.9 Å². The summed E-state index contributed by atoms with van der Waals surface area (Å²) < 4.78 is 41.1. The summed E-state index contributed by atoms with van der Waals surface area (Å²) in [6.07, 6.45) is -1.44. The Labute approximate surface area is 171 Å². The number of nitrogens with one attached hydrogen (secondary N) is 1. The van der Waals surface area contributed by atoms with E-state index in [1.165, 1.54) is 11.3 Å². The van der Waals surface area contributed by atoms with Gasteiger partial charge in [-0.3, -0.25) is 9.78 Å². The second-order valence-electron chi connectivity index (χ2n) is 6.10. The molecular weight excluding hydrogens is 421 g/mol. The number of nitrogens with zero attached hydrogens (tertiary/aromatic N) is 2. The number of pyridine rings is 2. The lowest BCUT2D eigenvalue weighted by atomic mass is 10.1. The second-order valence-corrected chi connectivity index (χ2v) is 8.05. The van der Waals surface area contributed by atoms with Crippen molar-refractivity contribution in [2.75, 3.05) is 5.73 Å². The van der Waals surface area contributed by atoms with Gasteiger partial charge < -0.3 is 11.1 Å². The summed E-state index contributed by atoms with van der Waals surface area (Å²) in [4.78, 5) is 21.5. The van der Waals surface area contributed by atoms with E-state index in [9.17, 15) is 18.0 Å². The molecule has 1 amide bonds. The summed E-state index contributed by atoms with van der Waals surface area (Å²) in [5, 5.41) is 4.18. The second kappa shape index (κ2) is 7.45. The first-order chi connectivity index (χ1) is 13.8. The van der Waals surface area contributed by atoms with E-state index in [1.54, 1.807) is 42.0 Å². The zero-order valence-corrected chi connectivity index (χ0v) is 16.3. The molecule has 148 valence electrons. The maximum absolute atomic E-state index is 13.7. The SMILES string of the molecule is Nc1c(C(=O)NCc2cccnc2)sc2nc(-c3cccs3)cc(C(F)(F)F)c12. The van der Waals surface area contributed by atoms with Crippen LogP contribution in [0.1, 0.15) is 20.8 Å². The van der Waals surface area contributed by atoms with Crippen LogP contribution in [0.15, 0.2) is 48.1 Å². The molecule has 4 heterocycles. The molecular formula is C19H13F3N4OS2. The fraction of sp³-hybridized carbons (Fsp3) is 0.105. The van der Waals surface area contributed by atoms with Gasteiger partial charge in [-0.15, -0.1) is 22.7 Å². The number of thiophene rings is 2. The van der Waals surface area contributed by atoms with Crippen molar-refractivity contribution in [3.05, 3.63) is 64.1 Å². The van der Waals surface area contributed by atoms with Crippen LogP contribution in [0.2, 0.25) is 0 Å². The first kappa shape index (κ1) is 19.3. The van der Waals surface area contributed by atoms with E-state index in [2.05, 4.69) is 15.3 Å². The predicted molar refractivity (Wildman–Crippen MR) is 108 cm³/mol. The Balaban J connectivity index is 1.76. The number of alkyl halides is 3. The Bertz CT molecular complexity index is 1170. The summed E-state index contributed by atoms with van der Waals surface area (Å²) in [6, 6.07) is 7.91. The van der Waals surface area contributed by atoms with Crippen molar-refractivity contribution in [3.63, 3.8) is 0 Å². The van der Waals surface area contributed by atoms with Crippen molar-refractivity contribution in [1.82, 2.24) is 15.3 Å². The molecule has 10 heteroatoms. The maximum atomic E-state index is 13.7. The molecule has 3 N–H and O–H groups in total. The monoisotopic (exact) mass is 434 g/mol. The number of aromatic nitrogens is 2. The van der Waals surface area contributed by atoms with Crippen LogP contribution in [0.5, 0.6) is 0 Å². The fourth-order valence-corrected chi connectivity index (χ4v) is 4.55. The van der Waals surface area contributed by atoms with E-state index in [1.807, 2.05) is 0 Å². The smallest absolute Gasteiger partial charge is 0.397 e.